The summed E-state index contributed by atoms with van der Waals surface area (Å²) in [4.78, 5) is 10.8. The third-order valence-electron chi connectivity index (χ3n) is 1.64. The third kappa shape index (κ3) is 4.87. The minimum Gasteiger partial charge on any atom is -0.326 e. The molecule has 0 unspecified atom stereocenters. The van der Waals surface area contributed by atoms with Crippen LogP contribution >= 0.6 is 0 Å². The van der Waals surface area contributed by atoms with Crippen molar-refractivity contribution in [2.75, 3.05) is 5.32 Å². The Morgan fingerprint density at radius 1 is 1.50 bits per heavy atom. The summed E-state index contributed by atoms with van der Waals surface area (Å²) in [5.74, 6) is -0.204. The monoisotopic (exact) mass is 244 g/mol. The number of carbonyl (C=O) groups excluding carboxylic acids is 1. The van der Waals surface area contributed by atoms with Crippen molar-refractivity contribution < 1.29 is 17.4 Å². The Bertz CT molecular complexity index is 484. The summed E-state index contributed by atoms with van der Waals surface area (Å²) in [6, 6.07) is 6.62. The van der Waals surface area contributed by atoms with Gasteiger partial charge in [0, 0.05) is 12.6 Å². The molecule has 0 fully saturated rings. The minimum atomic E-state index is -3.95. The van der Waals surface area contributed by atoms with Gasteiger partial charge in [-0.1, -0.05) is 12.1 Å². The van der Waals surface area contributed by atoms with Crippen molar-refractivity contribution in [2.24, 2.45) is 5.14 Å². The van der Waals surface area contributed by atoms with Gasteiger partial charge in [0.1, 0.15) is 0 Å². The number of amides is 1. The molecule has 1 aromatic carbocycles. The van der Waals surface area contributed by atoms with Crippen molar-refractivity contribution in [3.05, 3.63) is 29.8 Å². The van der Waals surface area contributed by atoms with Crippen LogP contribution in [0.5, 0.6) is 0 Å². The third-order valence-corrected chi connectivity index (χ3v) is 2.08. The first-order valence-corrected chi connectivity index (χ1v) is 5.87. The highest BCUT2D eigenvalue weighted by Gasteiger charge is 2.04. The van der Waals surface area contributed by atoms with Gasteiger partial charge in [0.2, 0.25) is 5.91 Å². The van der Waals surface area contributed by atoms with E-state index in [-0.39, 0.29) is 12.5 Å². The van der Waals surface area contributed by atoms with Crippen molar-refractivity contribution in [2.45, 2.75) is 13.5 Å². The fourth-order valence-electron chi connectivity index (χ4n) is 1.09. The standard InChI is InChI=1S/C9H12N2O4S/c1-7(12)11-9-4-2-3-8(5-9)6-15-16(10,13)14/h2-5H,6H2,1H3,(H,11,12)(H2,10,13,14). The highest BCUT2D eigenvalue weighted by Crippen LogP contribution is 2.11. The molecule has 0 saturated carbocycles. The van der Waals surface area contributed by atoms with E-state index in [0.29, 0.717) is 11.3 Å². The molecule has 88 valence electrons. The zero-order valence-electron chi connectivity index (χ0n) is 8.64. The van der Waals surface area contributed by atoms with Gasteiger partial charge in [0.15, 0.2) is 0 Å². The predicted octanol–water partition coefficient (Wildman–Crippen LogP) is 0.365. The first-order chi connectivity index (χ1) is 7.37. The lowest BCUT2D eigenvalue weighted by Crippen LogP contribution is -2.15. The summed E-state index contributed by atoms with van der Waals surface area (Å²) in [5.41, 5.74) is 1.17. The van der Waals surface area contributed by atoms with Crippen LogP contribution in [0.4, 0.5) is 5.69 Å². The average molecular weight is 244 g/mol. The van der Waals surface area contributed by atoms with Crippen molar-refractivity contribution in [3.8, 4) is 0 Å². The fraction of sp³-hybridized carbons (Fsp3) is 0.222. The Hall–Kier alpha value is -1.44. The quantitative estimate of drug-likeness (QED) is 0.799. The van der Waals surface area contributed by atoms with E-state index in [4.69, 9.17) is 0 Å². The molecule has 1 amide bonds. The first-order valence-electron chi connectivity index (χ1n) is 4.40. The molecule has 0 aliphatic rings. The Morgan fingerprint density at radius 3 is 2.75 bits per heavy atom. The molecular weight excluding hydrogens is 232 g/mol. The Kier molecular flexibility index (Phi) is 3.99. The molecule has 3 N–H and O–H groups in total. The normalized spacial score (nSPS) is 11.1. The number of rotatable bonds is 4. The van der Waals surface area contributed by atoms with E-state index in [1.54, 1.807) is 24.3 Å². The lowest BCUT2D eigenvalue weighted by Gasteiger charge is -2.05. The van der Waals surface area contributed by atoms with Gasteiger partial charge < -0.3 is 5.32 Å². The largest absolute Gasteiger partial charge is 0.333 e. The Morgan fingerprint density at radius 2 is 2.19 bits per heavy atom. The molecular formula is C9H12N2O4S. The Labute approximate surface area is 93.7 Å². The van der Waals surface area contributed by atoms with E-state index >= 15 is 0 Å². The first kappa shape index (κ1) is 12.6. The van der Waals surface area contributed by atoms with Crippen LogP contribution in [0.2, 0.25) is 0 Å². The highest BCUT2D eigenvalue weighted by molar-refractivity contribution is 7.84. The van der Waals surface area contributed by atoms with Gasteiger partial charge in [-0.2, -0.15) is 8.42 Å². The maximum Gasteiger partial charge on any atom is 0.333 e. The smallest absolute Gasteiger partial charge is 0.326 e. The van der Waals surface area contributed by atoms with E-state index in [9.17, 15) is 13.2 Å². The molecule has 0 aromatic heterocycles. The molecule has 0 bridgehead atoms. The van der Waals surface area contributed by atoms with E-state index < -0.39 is 10.3 Å². The van der Waals surface area contributed by atoms with Gasteiger partial charge in [-0.25, -0.2) is 5.14 Å². The Balaban J connectivity index is 2.71. The van der Waals surface area contributed by atoms with Crippen molar-refractivity contribution >= 4 is 21.9 Å². The highest BCUT2D eigenvalue weighted by atomic mass is 32.2. The van der Waals surface area contributed by atoms with Crippen LogP contribution < -0.4 is 10.5 Å². The van der Waals surface area contributed by atoms with Gasteiger partial charge in [-0.05, 0) is 17.7 Å². The number of nitrogens with two attached hydrogens (primary N) is 1. The molecule has 16 heavy (non-hydrogen) atoms. The molecule has 0 atom stereocenters. The fourth-order valence-corrected chi connectivity index (χ4v) is 1.39. The van der Waals surface area contributed by atoms with E-state index in [2.05, 4.69) is 14.6 Å². The minimum absolute atomic E-state index is 0.160. The van der Waals surface area contributed by atoms with Crippen LogP contribution in [-0.2, 0) is 25.9 Å². The van der Waals surface area contributed by atoms with Gasteiger partial charge >= 0.3 is 10.3 Å². The van der Waals surface area contributed by atoms with E-state index in [1.165, 1.54) is 6.92 Å². The summed E-state index contributed by atoms with van der Waals surface area (Å²) >= 11 is 0. The molecule has 0 radical (unpaired) electrons. The van der Waals surface area contributed by atoms with Crippen LogP contribution in [0, 0.1) is 0 Å². The van der Waals surface area contributed by atoms with Crippen LogP contribution in [0.3, 0.4) is 0 Å². The number of benzene rings is 1. The van der Waals surface area contributed by atoms with Crippen molar-refractivity contribution in [3.63, 3.8) is 0 Å². The summed E-state index contributed by atoms with van der Waals surface area (Å²) in [7, 11) is -3.95. The molecule has 1 aromatic rings. The number of carbonyl (C=O) groups is 1. The van der Waals surface area contributed by atoms with Crippen molar-refractivity contribution in [1.82, 2.24) is 0 Å². The second kappa shape index (κ2) is 5.06. The molecule has 0 aliphatic carbocycles. The second-order valence-electron chi connectivity index (χ2n) is 3.14. The van der Waals surface area contributed by atoms with Gasteiger partial charge in [0.05, 0.1) is 6.61 Å². The van der Waals surface area contributed by atoms with Crippen LogP contribution in [0.25, 0.3) is 0 Å². The molecule has 0 spiro atoms. The second-order valence-corrected chi connectivity index (χ2v) is 4.36. The van der Waals surface area contributed by atoms with E-state index in [0.717, 1.165) is 0 Å². The lowest BCUT2D eigenvalue weighted by molar-refractivity contribution is -0.114. The maximum atomic E-state index is 10.8. The summed E-state index contributed by atoms with van der Waals surface area (Å²) in [6.45, 7) is 1.22. The summed E-state index contributed by atoms with van der Waals surface area (Å²) in [6.07, 6.45) is 0. The summed E-state index contributed by atoms with van der Waals surface area (Å²) in [5, 5.41) is 7.25. The topological polar surface area (TPSA) is 98.5 Å². The molecule has 0 aliphatic heterocycles. The molecule has 1 rings (SSSR count). The number of hydrogen-bond donors (Lipinski definition) is 2. The number of nitrogens with one attached hydrogen (secondary N) is 1. The zero-order chi connectivity index (χ0) is 12.2. The van der Waals surface area contributed by atoms with Crippen LogP contribution in [0.15, 0.2) is 24.3 Å². The predicted molar refractivity (Wildman–Crippen MR) is 58.6 cm³/mol. The van der Waals surface area contributed by atoms with Crippen molar-refractivity contribution in [1.29, 1.82) is 0 Å². The van der Waals surface area contributed by atoms with E-state index in [1.807, 2.05) is 0 Å². The molecule has 6 nitrogen and oxygen atoms in total. The maximum absolute atomic E-state index is 10.8. The van der Waals surface area contributed by atoms with Gasteiger partial charge in [-0.3, -0.25) is 8.98 Å². The molecule has 0 saturated heterocycles. The molecule has 0 heterocycles. The zero-order valence-corrected chi connectivity index (χ0v) is 9.45. The van der Waals surface area contributed by atoms with Crippen LogP contribution in [-0.4, -0.2) is 14.3 Å². The number of anilines is 1. The SMILES string of the molecule is CC(=O)Nc1cccc(COS(N)(=O)=O)c1. The average Bonchev–Trinajstić information content (AvgIpc) is 2.13. The lowest BCUT2D eigenvalue weighted by atomic mass is 10.2. The number of hydrogen-bond acceptors (Lipinski definition) is 4. The molecule has 7 heteroatoms. The van der Waals surface area contributed by atoms with Crippen LogP contribution in [0.1, 0.15) is 12.5 Å². The van der Waals surface area contributed by atoms with Gasteiger partial charge in [0.25, 0.3) is 0 Å². The van der Waals surface area contributed by atoms with Gasteiger partial charge in [-0.15, -0.1) is 0 Å². The summed E-state index contributed by atoms with van der Waals surface area (Å²) < 4.78 is 25.5.